The van der Waals surface area contributed by atoms with Gasteiger partial charge in [-0.3, -0.25) is 4.79 Å². The van der Waals surface area contributed by atoms with Crippen LogP contribution < -0.4 is 9.47 Å². The van der Waals surface area contributed by atoms with Crippen molar-refractivity contribution < 1.29 is 14.3 Å². The average molecular weight is 427 g/mol. The molecule has 3 aromatic rings. The Hall–Kier alpha value is -2.92. The van der Waals surface area contributed by atoms with Crippen molar-refractivity contribution in [1.82, 2.24) is 9.47 Å². The third kappa shape index (κ3) is 5.36. The van der Waals surface area contributed by atoms with E-state index in [4.69, 9.17) is 21.1 Å². The molecular weight excluding hydrogens is 400 g/mol. The van der Waals surface area contributed by atoms with Gasteiger partial charge in [-0.15, -0.1) is 0 Å². The molecule has 5 nitrogen and oxygen atoms in total. The minimum absolute atomic E-state index is 0.0513. The number of carbonyl (C=O) groups excluding carboxylic acids is 1. The van der Waals surface area contributed by atoms with Crippen molar-refractivity contribution in [3.8, 4) is 11.5 Å². The number of aromatic nitrogens is 1. The number of carbonyl (C=O) groups is 1. The Bertz CT molecular complexity index is 977. The molecule has 1 amide bonds. The average Bonchev–Trinajstić information content (AvgIpc) is 3.19. The summed E-state index contributed by atoms with van der Waals surface area (Å²) in [6.45, 7) is 3.93. The van der Waals surface area contributed by atoms with Gasteiger partial charge in [0.05, 0.1) is 20.8 Å². The van der Waals surface area contributed by atoms with Gasteiger partial charge in [0.25, 0.3) is 5.91 Å². The van der Waals surface area contributed by atoms with E-state index in [1.54, 1.807) is 32.4 Å². The number of methoxy groups -OCH3 is 2. The van der Waals surface area contributed by atoms with Crippen LogP contribution in [-0.2, 0) is 13.1 Å². The largest absolute Gasteiger partial charge is 0.497 e. The molecule has 0 N–H and O–H groups in total. The van der Waals surface area contributed by atoms with Crippen molar-refractivity contribution in [1.29, 1.82) is 0 Å². The highest BCUT2D eigenvalue weighted by Crippen LogP contribution is 2.24. The molecule has 0 aliphatic heterocycles. The van der Waals surface area contributed by atoms with E-state index in [1.807, 2.05) is 47.5 Å². The summed E-state index contributed by atoms with van der Waals surface area (Å²) in [4.78, 5) is 15.2. The van der Waals surface area contributed by atoms with Crippen LogP contribution in [0.4, 0.5) is 0 Å². The fraction of sp³-hybridized carbons (Fsp3) is 0.292. The first-order valence-electron chi connectivity index (χ1n) is 9.94. The SMILES string of the molecule is CCCN(Cc1cccn1Cc1cccc(Cl)c1)C(=O)c1cc(OC)cc(OC)c1. The fourth-order valence-corrected chi connectivity index (χ4v) is 3.62. The topological polar surface area (TPSA) is 43.7 Å². The van der Waals surface area contributed by atoms with Gasteiger partial charge in [-0.1, -0.05) is 30.7 Å². The molecule has 0 bridgehead atoms. The van der Waals surface area contributed by atoms with Crippen LogP contribution in [0.1, 0.15) is 35.0 Å². The molecule has 0 radical (unpaired) electrons. The van der Waals surface area contributed by atoms with Crippen LogP contribution in [0.15, 0.2) is 60.8 Å². The van der Waals surface area contributed by atoms with Crippen LogP contribution in [0.2, 0.25) is 5.02 Å². The van der Waals surface area contributed by atoms with Crippen LogP contribution >= 0.6 is 11.6 Å². The Morgan fingerprint density at radius 1 is 1.03 bits per heavy atom. The molecule has 0 atom stereocenters. The molecule has 0 aliphatic rings. The zero-order chi connectivity index (χ0) is 21.5. The molecule has 0 fully saturated rings. The summed E-state index contributed by atoms with van der Waals surface area (Å²) in [5, 5.41) is 0.718. The summed E-state index contributed by atoms with van der Waals surface area (Å²) in [6, 6.07) is 17.1. The van der Waals surface area contributed by atoms with Crippen molar-refractivity contribution in [2.24, 2.45) is 0 Å². The Balaban J connectivity index is 1.83. The summed E-state index contributed by atoms with van der Waals surface area (Å²) in [5.41, 5.74) is 2.73. The second kappa shape index (κ2) is 10.2. The molecule has 0 saturated heterocycles. The molecule has 30 heavy (non-hydrogen) atoms. The van der Waals surface area contributed by atoms with E-state index >= 15 is 0 Å². The first-order chi connectivity index (χ1) is 14.5. The van der Waals surface area contributed by atoms with E-state index in [9.17, 15) is 4.79 Å². The maximum atomic E-state index is 13.3. The molecule has 6 heteroatoms. The fourth-order valence-electron chi connectivity index (χ4n) is 3.41. The highest BCUT2D eigenvalue weighted by molar-refractivity contribution is 6.30. The quantitative estimate of drug-likeness (QED) is 0.468. The van der Waals surface area contributed by atoms with Crippen LogP contribution in [0.25, 0.3) is 0 Å². The number of benzene rings is 2. The number of hydrogen-bond acceptors (Lipinski definition) is 3. The van der Waals surface area contributed by atoms with Gasteiger partial charge in [0.15, 0.2) is 0 Å². The molecule has 0 unspecified atom stereocenters. The molecule has 0 aliphatic carbocycles. The van der Waals surface area contributed by atoms with Crippen molar-refractivity contribution in [3.05, 3.63) is 82.6 Å². The molecular formula is C24H27ClN2O3. The summed E-state index contributed by atoms with van der Waals surface area (Å²) in [5.74, 6) is 1.14. The third-order valence-electron chi connectivity index (χ3n) is 4.90. The van der Waals surface area contributed by atoms with Crippen LogP contribution in [0.3, 0.4) is 0 Å². The Morgan fingerprint density at radius 2 is 1.77 bits per heavy atom. The van der Waals surface area contributed by atoms with Gasteiger partial charge in [0.2, 0.25) is 0 Å². The van der Waals surface area contributed by atoms with Gasteiger partial charge in [-0.05, 0) is 48.4 Å². The van der Waals surface area contributed by atoms with Crippen LogP contribution in [0.5, 0.6) is 11.5 Å². The molecule has 0 saturated carbocycles. The minimum Gasteiger partial charge on any atom is -0.497 e. The first kappa shape index (κ1) is 21.8. The Kier molecular flexibility index (Phi) is 7.41. The summed E-state index contributed by atoms with van der Waals surface area (Å²) in [7, 11) is 3.16. The van der Waals surface area contributed by atoms with Gasteiger partial charge in [-0.25, -0.2) is 0 Å². The smallest absolute Gasteiger partial charge is 0.254 e. The van der Waals surface area contributed by atoms with Gasteiger partial charge >= 0.3 is 0 Å². The van der Waals surface area contributed by atoms with Gasteiger partial charge in [0.1, 0.15) is 11.5 Å². The molecule has 0 spiro atoms. The Morgan fingerprint density at radius 3 is 2.40 bits per heavy atom. The molecule has 158 valence electrons. The minimum atomic E-state index is -0.0513. The normalized spacial score (nSPS) is 10.7. The lowest BCUT2D eigenvalue weighted by Crippen LogP contribution is -2.32. The van der Waals surface area contributed by atoms with E-state index < -0.39 is 0 Å². The van der Waals surface area contributed by atoms with Crippen LogP contribution in [-0.4, -0.2) is 36.1 Å². The highest BCUT2D eigenvalue weighted by Gasteiger charge is 2.19. The van der Waals surface area contributed by atoms with Gasteiger partial charge in [-0.2, -0.15) is 0 Å². The number of nitrogens with zero attached hydrogens (tertiary/aromatic N) is 2. The zero-order valence-electron chi connectivity index (χ0n) is 17.6. The maximum Gasteiger partial charge on any atom is 0.254 e. The second-order valence-corrected chi connectivity index (χ2v) is 7.52. The zero-order valence-corrected chi connectivity index (χ0v) is 18.4. The van der Waals surface area contributed by atoms with Gasteiger partial charge < -0.3 is 18.9 Å². The van der Waals surface area contributed by atoms with Crippen LogP contribution in [0, 0.1) is 0 Å². The van der Waals surface area contributed by atoms with E-state index in [2.05, 4.69) is 11.5 Å². The molecule has 1 heterocycles. The number of amides is 1. The van der Waals surface area contributed by atoms with E-state index in [1.165, 1.54) is 0 Å². The van der Waals surface area contributed by atoms with E-state index in [0.29, 0.717) is 36.7 Å². The van der Waals surface area contributed by atoms with Crippen molar-refractivity contribution in [3.63, 3.8) is 0 Å². The summed E-state index contributed by atoms with van der Waals surface area (Å²) in [6.07, 6.45) is 2.89. The predicted octanol–water partition coefficient (Wildman–Crippen LogP) is 5.26. The maximum absolute atomic E-state index is 13.3. The molecule has 2 aromatic carbocycles. The lowest BCUT2D eigenvalue weighted by Gasteiger charge is -2.24. The summed E-state index contributed by atoms with van der Waals surface area (Å²) < 4.78 is 12.8. The second-order valence-electron chi connectivity index (χ2n) is 7.09. The van der Waals surface area contributed by atoms with Crippen molar-refractivity contribution in [2.75, 3.05) is 20.8 Å². The Labute approximate surface area is 182 Å². The first-order valence-corrected chi connectivity index (χ1v) is 10.3. The monoisotopic (exact) mass is 426 g/mol. The van der Waals surface area contributed by atoms with Crippen molar-refractivity contribution >= 4 is 17.5 Å². The number of halogens is 1. The third-order valence-corrected chi connectivity index (χ3v) is 5.13. The molecule has 3 rings (SSSR count). The number of ether oxygens (including phenoxy) is 2. The van der Waals surface area contributed by atoms with E-state index in [0.717, 1.165) is 22.7 Å². The summed E-state index contributed by atoms with van der Waals surface area (Å²) >= 11 is 6.13. The standard InChI is InChI=1S/C24H27ClN2O3/c1-4-10-27(24(28)19-13-22(29-2)15-23(14-19)30-3)17-21-9-6-11-26(21)16-18-7-5-8-20(25)12-18/h5-9,11-15H,4,10,16-17H2,1-3H3. The highest BCUT2D eigenvalue weighted by atomic mass is 35.5. The lowest BCUT2D eigenvalue weighted by molar-refractivity contribution is 0.0739. The van der Waals surface area contributed by atoms with Gasteiger partial charge in [0, 0.05) is 41.6 Å². The number of hydrogen-bond donors (Lipinski definition) is 0. The predicted molar refractivity (Wildman–Crippen MR) is 120 cm³/mol. The van der Waals surface area contributed by atoms with E-state index in [-0.39, 0.29) is 5.91 Å². The number of rotatable bonds is 9. The molecule has 1 aromatic heterocycles. The van der Waals surface area contributed by atoms with Crippen molar-refractivity contribution in [2.45, 2.75) is 26.4 Å². The lowest BCUT2D eigenvalue weighted by atomic mass is 10.1.